The third-order valence-electron chi connectivity index (χ3n) is 6.50. The van der Waals surface area contributed by atoms with Gasteiger partial charge in [-0.25, -0.2) is 0 Å². The number of likely N-dealkylation sites (N-methyl/N-ethyl adjacent to an activating group) is 2. The van der Waals surface area contributed by atoms with Crippen LogP contribution in [0.5, 0.6) is 5.75 Å². The molecule has 11 nitrogen and oxygen atoms in total. The van der Waals surface area contributed by atoms with E-state index in [0.717, 1.165) is 45.3 Å². The van der Waals surface area contributed by atoms with Crippen LogP contribution in [0.15, 0.2) is 18.2 Å². The topological polar surface area (TPSA) is 151 Å². The van der Waals surface area contributed by atoms with Crippen LogP contribution in [-0.2, 0) is 14.4 Å². The van der Waals surface area contributed by atoms with Gasteiger partial charge in [0.1, 0.15) is 18.1 Å². The number of piperidine rings is 1. The summed E-state index contributed by atoms with van der Waals surface area (Å²) in [5, 5.41) is 5.30. The molecular formula is C26H39N5O6. The number of likely N-dealkylation sites (tertiary alicyclic amines) is 1. The molecule has 1 aliphatic rings. The van der Waals surface area contributed by atoms with Crippen molar-refractivity contribution in [1.82, 2.24) is 20.4 Å². The molecule has 0 radical (unpaired) electrons. The van der Waals surface area contributed by atoms with Crippen LogP contribution in [-0.4, -0.2) is 99.1 Å². The SMILES string of the molecule is CNC(=O)C(CCC=O)N(C)C(=O)c1ccc(OCC(=O)NCCCCN2CCC(N)CC2)cc1C=O. The normalized spacial score (nSPS) is 14.9. The average Bonchev–Trinajstić information content (AvgIpc) is 2.91. The fourth-order valence-electron chi connectivity index (χ4n) is 4.21. The Hall–Kier alpha value is -3.31. The molecular weight excluding hydrogens is 478 g/mol. The maximum absolute atomic E-state index is 13.0. The van der Waals surface area contributed by atoms with Gasteiger partial charge in [0.05, 0.1) is 5.56 Å². The van der Waals surface area contributed by atoms with Crippen LogP contribution in [0.4, 0.5) is 0 Å². The minimum absolute atomic E-state index is 0.0690. The molecule has 0 spiro atoms. The summed E-state index contributed by atoms with van der Waals surface area (Å²) in [7, 11) is 2.89. The number of amides is 3. The predicted molar refractivity (Wildman–Crippen MR) is 138 cm³/mol. The summed E-state index contributed by atoms with van der Waals surface area (Å²) in [6, 6.07) is 3.75. The zero-order valence-corrected chi connectivity index (χ0v) is 21.7. The van der Waals surface area contributed by atoms with Gasteiger partial charge in [-0.15, -0.1) is 0 Å². The first-order valence-electron chi connectivity index (χ1n) is 12.7. The maximum Gasteiger partial charge on any atom is 0.257 e. The molecule has 1 aliphatic heterocycles. The second-order valence-corrected chi connectivity index (χ2v) is 9.18. The Labute approximate surface area is 218 Å². The van der Waals surface area contributed by atoms with Crippen molar-refractivity contribution >= 4 is 30.3 Å². The highest BCUT2D eigenvalue weighted by Gasteiger charge is 2.28. The fraction of sp³-hybridized carbons (Fsp3) is 0.577. The van der Waals surface area contributed by atoms with Crippen LogP contribution in [0, 0.1) is 0 Å². The van der Waals surface area contributed by atoms with Crippen LogP contribution in [0.2, 0.25) is 0 Å². The van der Waals surface area contributed by atoms with Crippen molar-refractivity contribution in [2.24, 2.45) is 5.73 Å². The van der Waals surface area contributed by atoms with Gasteiger partial charge in [-0.1, -0.05) is 0 Å². The Balaban J connectivity index is 1.83. The van der Waals surface area contributed by atoms with E-state index >= 15 is 0 Å². The van der Waals surface area contributed by atoms with E-state index in [4.69, 9.17) is 10.5 Å². The molecule has 0 bridgehead atoms. The van der Waals surface area contributed by atoms with Crippen LogP contribution in [0.25, 0.3) is 0 Å². The minimum atomic E-state index is -0.861. The number of ether oxygens (including phenoxy) is 1. The van der Waals surface area contributed by atoms with Crippen LogP contribution in [0.1, 0.15) is 59.2 Å². The Kier molecular flexibility index (Phi) is 12.7. The van der Waals surface area contributed by atoms with Gasteiger partial charge >= 0.3 is 0 Å². The summed E-state index contributed by atoms with van der Waals surface area (Å²) < 4.78 is 5.51. The number of hydrogen-bond donors (Lipinski definition) is 3. The number of nitrogens with zero attached hydrogens (tertiary/aromatic N) is 2. The largest absolute Gasteiger partial charge is 0.484 e. The highest BCUT2D eigenvalue weighted by atomic mass is 16.5. The second kappa shape index (κ2) is 15.7. The number of rotatable bonds is 15. The van der Waals surface area contributed by atoms with Crippen molar-refractivity contribution in [2.45, 2.75) is 50.6 Å². The molecule has 37 heavy (non-hydrogen) atoms. The molecule has 1 aromatic rings. The molecule has 3 amide bonds. The molecule has 1 atom stereocenters. The Morgan fingerprint density at radius 1 is 1.22 bits per heavy atom. The molecule has 1 heterocycles. The number of carbonyl (C=O) groups excluding carboxylic acids is 5. The molecule has 11 heteroatoms. The molecule has 1 saturated heterocycles. The van der Waals surface area contributed by atoms with E-state index in [9.17, 15) is 24.0 Å². The van der Waals surface area contributed by atoms with Crippen molar-refractivity contribution in [3.8, 4) is 5.75 Å². The standard InChI is InChI=1S/C26H39N5O6/c1-28-25(35)23(6-5-15-32)30(2)26(36)22-8-7-21(16-19(22)17-33)37-18-24(34)29-11-3-4-12-31-13-9-20(27)10-14-31/h7-8,15-17,20,23H,3-6,9-14,18,27H2,1-2H3,(H,28,35)(H,29,34). The van der Waals surface area contributed by atoms with Crippen molar-refractivity contribution < 1.29 is 28.7 Å². The van der Waals surface area contributed by atoms with E-state index in [0.29, 0.717) is 25.2 Å². The van der Waals surface area contributed by atoms with Crippen molar-refractivity contribution in [3.05, 3.63) is 29.3 Å². The number of hydrogen-bond acceptors (Lipinski definition) is 8. The quantitative estimate of drug-likeness (QED) is 0.223. The van der Waals surface area contributed by atoms with Gasteiger partial charge in [0, 0.05) is 38.7 Å². The maximum atomic E-state index is 13.0. The molecule has 1 fully saturated rings. The molecule has 2 rings (SSSR count). The summed E-state index contributed by atoms with van der Waals surface area (Å²) in [6.07, 6.45) is 5.37. The van der Waals surface area contributed by atoms with Gasteiger partial charge in [-0.05, 0) is 69.9 Å². The highest BCUT2D eigenvalue weighted by Crippen LogP contribution is 2.20. The van der Waals surface area contributed by atoms with E-state index in [1.165, 1.54) is 37.2 Å². The second-order valence-electron chi connectivity index (χ2n) is 9.18. The molecule has 204 valence electrons. The molecule has 1 aromatic carbocycles. The van der Waals surface area contributed by atoms with Gasteiger partial charge in [0.15, 0.2) is 12.9 Å². The van der Waals surface area contributed by atoms with E-state index < -0.39 is 17.9 Å². The summed E-state index contributed by atoms with van der Waals surface area (Å²) >= 11 is 0. The van der Waals surface area contributed by atoms with Crippen molar-refractivity contribution in [3.63, 3.8) is 0 Å². The van der Waals surface area contributed by atoms with Crippen molar-refractivity contribution in [1.29, 1.82) is 0 Å². The van der Waals surface area contributed by atoms with E-state index in [1.807, 2.05) is 0 Å². The van der Waals surface area contributed by atoms with Crippen LogP contribution < -0.4 is 21.1 Å². The number of unbranched alkanes of at least 4 members (excludes halogenated alkanes) is 1. The minimum Gasteiger partial charge on any atom is -0.484 e. The first kappa shape index (κ1) is 29.9. The summed E-state index contributed by atoms with van der Waals surface area (Å²) in [6.45, 7) is 3.37. The smallest absolute Gasteiger partial charge is 0.257 e. The first-order valence-corrected chi connectivity index (χ1v) is 12.7. The zero-order chi connectivity index (χ0) is 27.2. The van der Waals surface area contributed by atoms with E-state index in [2.05, 4.69) is 15.5 Å². The first-order chi connectivity index (χ1) is 17.8. The number of aldehydes is 2. The lowest BCUT2D eigenvalue weighted by Crippen LogP contribution is -2.47. The molecule has 4 N–H and O–H groups in total. The Morgan fingerprint density at radius 3 is 2.59 bits per heavy atom. The Bertz CT molecular complexity index is 932. The third-order valence-corrected chi connectivity index (χ3v) is 6.50. The lowest BCUT2D eigenvalue weighted by Gasteiger charge is -2.29. The summed E-state index contributed by atoms with van der Waals surface area (Å²) in [5.74, 6) is -0.963. The monoisotopic (exact) mass is 517 g/mol. The fourth-order valence-corrected chi connectivity index (χ4v) is 4.21. The molecule has 1 unspecified atom stereocenters. The highest BCUT2D eigenvalue weighted by molar-refractivity contribution is 6.03. The number of carbonyl (C=O) groups is 5. The molecule has 0 aromatic heterocycles. The van der Waals surface area contributed by atoms with Gasteiger partial charge in [0.25, 0.3) is 11.8 Å². The van der Waals surface area contributed by atoms with E-state index in [-0.39, 0.29) is 42.2 Å². The van der Waals surface area contributed by atoms with Crippen LogP contribution in [0.3, 0.4) is 0 Å². The zero-order valence-electron chi connectivity index (χ0n) is 21.7. The Morgan fingerprint density at radius 2 is 1.95 bits per heavy atom. The van der Waals surface area contributed by atoms with E-state index in [1.54, 1.807) is 0 Å². The van der Waals surface area contributed by atoms with Crippen molar-refractivity contribution in [2.75, 3.05) is 46.9 Å². The number of benzene rings is 1. The number of nitrogens with one attached hydrogen (secondary N) is 2. The van der Waals surface area contributed by atoms with Crippen LogP contribution >= 0.6 is 0 Å². The van der Waals surface area contributed by atoms with Gasteiger partial charge < -0.3 is 35.7 Å². The van der Waals surface area contributed by atoms with Gasteiger partial charge in [-0.2, -0.15) is 0 Å². The van der Waals surface area contributed by atoms with Gasteiger partial charge in [0.2, 0.25) is 5.91 Å². The lowest BCUT2D eigenvalue weighted by atomic mass is 10.0. The lowest BCUT2D eigenvalue weighted by molar-refractivity contribution is -0.125. The summed E-state index contributed by atoms with van der Waals surface area (Å²) in [4.78, 5) is 63.4. The molecule has 0 aliphatic carbocycles. The summed E-state index contributed by atoms with van der Waals surface area (Å²) in [5.41, 5.74) is 6.08. The predicted octanol–water partition coefficient (Wildman–Crippen LogP) is 0.363. The third kappa shape index (κ3) is 9.58. The number of nitrogens with two attached hydrogens (primary N) is 1. The average molecular weight is 518 g/mol. The van der Waals surface area contributed by atoms with Gasteiger partial charge in [-0.3, -0.25) is 19.2 Å². The molecule has 0 saturated carbocycles.